The fourth-order valence-electron chi connectivity index (χ4n) is 2.73. The lowest BCUT2D eigenvalue weighted by Gasteiger charge is -2.31. The number of anilines is 1. The van der Waals surface area contributed by atoms with Gasteiger partial charge in [-0.3, -0.25) is 0 Å². The quantitative estimate of drug-likeness (QED) is 0.792. The highest BCUT2D eigenvalue weighted by Crippen LogP contribution is 2.29. The van der Waals surface area contributed by atoms with E-state index in [1.165, 1.54) is 6.20 Å². The molecule has 0 bridgehead atoms. The van der Waals surface area contributed by atoms with Crippen molar-refractivity contribution in [1.82, 2.24) is 9.88 Å². The number of alkyl halides is 3. The molecular formula is C15H22F3N3O. The van der Waals surface area contributed by atoms with Gasteiger partial charge in [-0.25, -0.2) is 4.98 Å². The summed E-state index contributed by atoms with van der Waals surface area (Å²) in [6.07, 6.45) is -0.183. The van der Waals surface area contributed by atoms with Crippen molar-refractivity contribution in [3.8, 4) is 0 Å². The number of rotatable bonds is 6. The minimum Gasteiger partial charge on any atom is -0.396 e. The van der Waals surface area contributed by atoms with Crippen LogP contribution >= 0.6 is 0 Å². The molecule has 2 rings (SSSR count). The second-order valence-corrected chi connectivity index (χ2v) is 5.70. The average Bonchev–Trinajstić information content (AvgIpc) is 2.51. The molecule has 0 saturated carbocycles. The minimum absolute atomic E-state index is 0.225. The number of nitrogens with one attached hydrogen (secondary N) is 1. The lowest BCUT2D eigenvalue weighted by Crippen LogP contribution is -2.37. The number of aliphatic hydroxyl groups is 1. The van der Waals surface area contributed by atoms with Gasteiger partial charge >= 0.3 is 6.18 Å². The molecule has 0 radical (unpaired) electrons. The molecule has 0 amide bonds. The zero-order chi connectivity index (χ0) is 16.0. The van der Waals surface area contributed by atoms with Gasteiger partial charge < -0.3 is 15.3 Å². The first kappa shape index (κ1) is 17.0. The normalized spacial score (nSPS) is 20.1. The first-order valence-electron chi connectivity index (χ1n) is 7.59. The molecule has 0 aromatic carbocycles. The van der Waals surface area contributed by atoms with Crippen LogP contribution in [0.25, 0.3) is 0 Å². The van der Waals surface area contributed by atoms with Crippen LogP contribution in [-0.4, -0.2) is 47.8 Å². The Labute approximate surface area is 128 Å². The standard InChI is InChI=1S/C15H22F3N3O/c16-15(17,18)13-4-6-20-14(9-13)19-5-2-8-21-7-1-3-12(10-21)11-22/h4,6,9,12,22H,1-3,5,7-8,10-11H2,(H,19,20). The molecule has 1 aromatic heterocycles. The Bertz CT molecular complexity index is 468. The van der Waals surface area contributed by atoms with Crippen LogP contribution in [0.1, 0.15) is 24.8 Å². The molecule has 7 heteroatoms. The van der Waals surface area contributed by atoms with Crippen molar-refractivity contribution >= 4 is 5.82 Å². The van der Waals surface area contributed by atoms with Crippen LogP contribution in [0.5, 0.6) is 0 Å². The average molecular weight is 317 g/mol. The molecule has 1 aliphatic heterocycles. The molecule has 22 heavy (non-hydrogen) atoms. The van der Waals surface area contributed by atoms with Crippen molar-refractivity contribution in [2.75, 3.05) is 38.1 Å². The Morgan fingerprint density at radius 1 is 1.41 bits per heavy atom. The van der Waals surface area contributed by atoms with Gasteiger partial charge in [0.05, 0.1) is 5.56 Å². The number of piperidine rings is 1. The summed E-state index contributed by atoms with van der Waals surface area (Å²) >= 11 is 0. The molecular weight excluding hydrogens is 295 g/mol. The molecule has 1 aromatic rings. The maximum Gasteiger partial charge on any atom is 0.416 e. The Morgan fingerprint density at radius 3 is 2.95 bits per heavy atom. The molecule has 124 valence electrons. The summed E-state index contributed by atoms with van der Waals surface area (Å²) < 4.78 is 37.8. The van der Waals surface area contributed by atoms with E-state index in [1.54, 1.807) is 0 Å². The molecule has 1 unspecified atom stereocenters. The Morgan fingerprint density at radius 2 is 2.23 bits per heavy atom. The zero-order valence-electron chi connectivity index (χ0n) is 12.4. The highest BCUT2D eigenvalue weighted by Gasteiger charge is 2.30. The number of halogens is 3. The topological polar surface area (TPSA) is 48.4 Å². The summed E-state index contributed by atoms with van der Waals surface area (Å²) in [7, 11) is 0. The van der Waals surface area contributed by atoms with E-state index < -0.39 is 11.7 Å². The van der Waals surface area contributed by atoms with Crippen molar-refractivity contribution < 1.29 is 18.3 Å². The summed E-state index contributed by atoms with van der Waals surface area (Å²) in [5, 5.41) is 12.1. The molecule has 4 nitrogen and oxygen atoms in total. The number of hydrogen-bond acceptors (Lipinski definition) is 4. The number of likely N-dealkylation sites (tertiary alicyclic amines) is 1. The number of nitrogens with zero attached hydrogens (tertiary/aromatic N) is 2. The molecule has 1 saturated heterocycles. The van der Waals surface area contributed by atoms with Crippen LogP contribution in [0.3, 0.4) is 0 Å². The molecule has 1 fully saturated rings. The SMILES string of the molecule is OCC1CCCN(CCCNc2cc(C(F)(F)F)ccn2)C1. The third-order valence-electron chi connectivity index (χ3n) is 3.91. The highest BCUT2D eigenvalue weighted by atomic mass is 19.4. The second-order valence-electron chi connectivity index (χ2n) is 5.70. The summed E-state index contributed by atoms with van der Waals surface area (Å²) in [5.74, 6) is 0.605. The summed E-state index contributed by atoms with van der Waals surface area (Å²) in [6, 6.07) is 2.00. The summed E-state index contributed by atoms with van der Waals surface area (Å²) in [4.78, 5) is 6.20. The van der Waals surface area contributed by atoms with Crippen molar-refractivity contribution in [2.45, 2.75) is 25.4 Å². The van der Waals surface area contributed by atoms with Crippen LogP contribution in [0.15, 0.2) is 18.3 Å². The van der Waals surface area contributed by atoms with Crippen LogP contribution in [0, 0.1) is 5.92 Å². The number of hydrogen-bond donors (Lipinski definition) is 2. The van der Waals surface area contributed by atoms with Gasteiger partial charge in [0.2, 0.25) is 0 Å². The molecule has 0 spiro atoms. The maximum atomic E-state index is 12.6. The van der Waals surface area contributed by atoms with E-state index in [0.29, 0.717) is 12.5 Å². The highest BCUT2D eigenvalue weighted by molar-refractivity contribution is 5.38. The predicted octanol–water partition coefficient (Wildman–Crippen LogP) is 2.61. The van der Waals surface area contributed by atoms with E-state index in [0.717, 1.165) is 51.0 Å². The molecule has 2 N–H and O–H groups in total. The van der Waals surface area contributed by atoms with E-state index in [1.807, 2.05) is 0 Å². The van der Waals surface area contributed by atoms with Gasteiger partial charge in [-0.05, 0) is 50.4 Å². The fraction of sp³-hybridized carbons (Fsp3) is 0.667. The van der Waals surface area contributed by atoms with Crippen LogP contribution < -0.4 is 5.32 Å². The molecule has 0 aliphatic carbocycles. The Balaban J connectivity index is 1.73. The summed E-state index contributed by atoms with van der Waals surface area (Å²) in [6.45, 7) is 3.61. The smallest absolute Gasteiger partial charge is 0.396 e. The van der Waals surface area contributed by atoms with E-state index in [4.69, 9.17) is 0 Å². The monoisotopic (exact) mass is 317 g/mol. The Kier molecular flexibility index (Phi) is 6.02. The van der Waals surface area contributed by atoms with E-state index in [-0.39, 0.29) is 12.4 Å². The third kappa shape index (κ3) is 5.14. The van der Waals surface area contributed by atoms with E-state index >= 15 is 0 Å². The van der Waals surface area contributed by atoms with Crippen molar-refractivity contribution in [3.05, 3.63) is 23.9 Å². The molecule has 1 aliphatic rings. The van der Waals surface area contributed by atoms with Crippen LogP contribution in [0.2, 0.25) is 0 Å². The van der Waals surface area contributed by atoms with Crippen LogP contribution in [0.4, 0.5) is 19.0 Å². The van der Waals surface area contributed by atoms with Gasteiger partial charge in [-0.2, -0.15) is 13.2 Å². The van der Waals surface area contributed by atoms with Gasteiger partial charge in [0, 0.05) is 25.9 Å². The predicted molar refractivity (Wildman–Crippen MR) is 78.6 cm³/mol. The van der Waals surface area contributed by atoms with Gasteiger partial charge in [0.15, 0.2) is 0 Å². The maximum absolute atomic E-state index is 12.6. The van der Waals surface area contributed by atoms with Crippen molar-refractivity contribution in [1.29, 1.82) is 0 Å². The fourth-order valence-corrected chi connectivity index (χ4v) is 2.73. The van der Waals surface area contributed by atoms with Gasteiger partial charge in [-0.15, -0.1) is 0 Å². The first-order chi connectivity index (χ1) is 10.5. The molecule has 2 heterocycles. The van der Waals surface area contributed by atoms with Gasteiger partial charge in [0.25, 0.3) is 0 Å². The number of aliphatic hydroxyl groups excluding tert-OH is 1. The van der Waals surface area contributed by atoms with Gasteiger partial charge in [0.1, 0.15) is 5.82 Å². The number of aromatic nitrogens is 1. The number of pyridine rings is 1. The van der Waals surface area contributed by atoms with Gasteiger partial charge in [-0.1, -0.05) is 0 Å². The zero-order valence-corrected chi connectivity index (χ0v) is 12.4. The third-order valence-corrected chi connectivity index (χ3v) is 3.91. The van der Waals surface area contributed by atoms with Crippen molar-refractivity contribution in [2.24, 2.45) is 5.92 Å². The largest absolute Gasteiger partial charge is 0.416 e. The lowest BCUT2D eigenvalue weighted by molar-refractivity contribution is -0.137. The minimum atomic E-state index is -4.34. The second kappa shape index (κ2) is 7.78. The summed E-state index contributed by atoms with van der Waals surface area (Å²) in [5.41, 5.74) is -0.688. The van der Waals surface area contributed by atoms with E-state index in [9.17, 15) is 18.3 Å². The van der Waals surface area contributed by atoms with E-state index in [2.05, 4.69) is 15.2 Å². The van der Waals surface area contributed by atoms with Crippen LogP contribution in [-0.2, 0) is 6.18 Å². The lowest BCUT2D eigenvalue weighted by atomic mass is 9.99. The van der Waals surface area contributed by atoms with Crippen molar-refractivity contribution in [3.63, 3.8) is 0 Å². The Hall–Kier alpha value is -1.34. The first-order valence-corrected chi connectivity index (χ1v) is 7.59. The molecule has 1 atom stereocenters.